The molecule has 0 aromatic rings. The lowest BCUT2D eigenvalue weighted by Crippen LogP contribution is -2.38. The van der Waals surface area contributed by atoms with Gasteiger partial charge in [-0.15, -0.1) is 0 Å². The van der Waals surface area contributed by atoms with Crippen molar-refractivity contribution in [1.29, 1.82) is 0 Å². The maximum atomic E-state index is 11.3. The van der Waals surface area contributed by atoms with Crippen molar-refractivity contribution >= 4 is 17.7 Å². The van der Waals surface area contributed by atoms with Crippen molar-refractivity contribution in [2.45, 2.75) is 37.8 Å². The third-order valence-corrected chi connectivity index (χ3v) is 2.65. The molecular weight excluding hydrogens is 210 g/mol. The van der Waals surface area contributed by atoms with Crippen LogP contribution >= 0.6 is 0 Å². The van der Waals surface area contributed by atoms with Crippen LogP contribution in [0.1, 0.15) is 25.7 Å². The van der Waals surface area contributed by atoms with Crippen LogP contribution in [0.15, 0.2) is 0 Å². The van der Waals surface area contributed by atoms with Crippen LogP contribution in [0.5, 0.6) is 0 Å². The fraction of sp³-hybridized carbons (Fsp3) is 0.700. The minimum absolute atomic E-state index is 0.000248. The highest BCUT2D eigenvalue weighted by atomic mass is 16.2. The predicted octanol–water partition coefficient (Wildman–Crippen LogP) is -1.34. The van der Waals surface area contributed by atoms with E-state index < -0.39 is 6.04 Å². The number of carbonyl (C=O) groups is 3. The first kappa shape index (κ1) is 11.1. The zero-order chi connectivity index (χ0) is 11.5. The average molecular weight is 225 g/mol. The number of hydrogen-bond acceptors (Lipinski definition) is 4. The SMILES string of the molecule is O=C1CC(NCCC(=O)NC2CC2)C(=O)N1. The summed E-state index contributed by atoms with van der Waals surface area (Å²) >= 11 is 0. The highest BCUT2D eigenvalue weighted by Crippen LogP contribution is 2.18. The van der Waals surface area contributed by atoms with Crippen molar-refractivity contribution in [3.05, 3.63) is 0 Å². The van der Waals surface area contributed by atoms with Crippen molar-refractivity contribution < 1.29 is 14.4 Å². The molecule has 16 heavy (non-hydrogen) atoms. The predicted molar refractivity (Wildman–Crippen MR) is 55.3 cm³/mol. The van der Waals surface area contributed by atoms with Gasteiger partial charge in [0.15, 0.2) is 0 Å². The van der Waals surface area contributed by atoms with E-state index in [9.17, 15) is 14.4 Å². The fourth-order valence-corrected chi connectivity index (χ4v) is 1.61. The summed E-state index contributed by atoms with van der Waals surface area (Å²) in [7, 11) is 0. The summed E-state index contributed by atoms with van der Waals surface area (Å²) in [5, 5.41) is 7.95. The summed E-state index contributed by atoms with van der Waals surface area (Å²) in [6, 6.07) is -0.106. The number of hydrogen-bond donors (Lipinski definition) is 3. The summed E-state index contributed by atoms with van der Waals surface area (Å²) in [5.74, 6) is -0.558. The molecule has 0 aromatic heterocycles. The average Bonchev–Trinajstić information content (AvgIpc) is 2.94. The Morgan fingerprint density at radius 1 is 1.38 bits per heavy atom. The van der Waals surface area contributed by atoms with Crippen LogP contribution < -0.4 is 16.0 Å². The van der Waals surface area contributed by atoms with Gasteiger partial charge in [0.25, 0.3) is 0 Å². The van der Waals surface area contributed by atoms with Gasteiger partial charge in [0.2, 0.25) is 17.7 Å². The lowest BCUT2D eigenvalue weighted by molar-refractivity contribution is -0.125. The Bertz CT molecular complexity index is 325. The fourth-order valence-electron chi connectivity index (χ4n) is 1.61. The molecule has 3 N–H and O–H groups in total. The van der Waals surface area contributed by atoms with E-state index in [0.29, 0.717) is 19.0 Å². The molecule has 2 aliphatic rings. The molecule has 1 unspecified atom stereocenters. The van der Waals surface area contributed by atoms with Crippen LogP contribution in [0.2, 0.25) is 0 Å². The topological polar surface area (TPSA) is 87.3 Å². The molecule has 0 spiro atoms. The highest BCUT2D eigenvalue weighted by Gasteiger charge is 2.30. The Kier molecular flexibility index (Phi) is 3.19. The molecule has 1 saturated carbocycles. The van der Waals surface area contributed by atoms with Gasteiger partial charge in [0.05, 0.1) is 12.5 Å². The Morgan fingerprint density at radius 3 is 2.69 bits per heavy atom. The largest absolute Gasteiger partial charge is 0.353 e. The Balaban J connectivity index is 1.61. The van der Waals surface area contributed by atoms with Gasteiger partial charge in [-0.2, -0.15) is 0 Å². The van der Waals surface area contributed by atoms with Crippen molar-refractivity contribution in [2.75, 3.05) is 6.54 Å². The lowest BCUT2D eigenvalue weighted by atomic mass is 10.2. The second-order valence-electron chi connectivity index (χ2n) is 4.22. The quantitative estimate of drug-likeness (QED) is 0.505. The highest BCUT2D eigenvalue weighted by molar-refractivity contribution is 6.05. The van der Waals surface area contributed by atoms with Crippen molar-refractivity contribution in [3.8, 4) is 0 Å². The van der Waals surface area contributed by atoms with Gasteiger partial charge < -0.3 is 10.6 Å². The Morgan fingerprint density at radius 2 is 2.12 bits per heavy atom. The molecule has 1 heterocycles. The summed E-state index contributed by atoms with van der Waals surface area (Å²) in [5.41, 5.74) is 0. The van der Waals surface area contributed by atoms with E-state index in [-0.39, 0.29) is 24.1 Å². The standard InChI is InChI=1S/C10H15N3O3/c14-8(12-6-1-2-6)3-4-11-7-5-9(15)13-10(7)16/h6-7,11H,1-5H2,(H,12,14)(H,13,15,16). The van der Waals surface area contributed by atoms with Crippen LogP contribution in [-0.4, -0.2) is 36.3 Å². The van der Waals surface area contributed by atoms with Crippen LogP contribution in [0.4, 0.5) is 0 Å². The van der Waals surface area contributed by atoms with Crippen LogP contribution in [0.25, 0.3) is 0 Å². The van der Waals surface area contributed by atoms with Crippen molar-refractivity contribution in [2.24, 2.45) is 0 Å². The molecular formula is C10H15N3O3. The van der Waals surface area contributed by atoms with E-state index in [1.165, 1.54) is 0 Å². The Hall–Kier alpha value is -1.43. The number of carbonyl (C=O) groups excluding carboxylic acids is 3. The molecule has 0 bridgehead atoms. The maximum absolute atomic E-state index is 11.3. The molecule has 6 heteroatoms. The first-order chi connectivity index (χ1) is 7.65. The normalized spacial score (nSPS) is 24.4. The van der Waals surface area contributed by atoms with Gasteiger partial charge in [-0.25, -0.2) is 0 Å². The summed E-state index contributed by atoms with van der Waals surface area (Å²) < 4.78 is 0. The van der Waals surface area contributed by atoms with Gasteiger partial charge in [0.1, 0.15) is 0 Å². The third kappa shape index (κ3) is 3.03. The molecule has 88 valence electrons. The lowest BCUT2D eigenvalue weighted by Gasteiger charge is -2.08. The number of rotatable bonds is 5. The molecule has 6 nitrogen and oxygen atoms in total. The van der Waals surface area contributed by atoms with Crippen LogP contribution in [-0.2, 0) is 14.4 Å². The van der Waals surface area contributed by atoms with E-state index in [2.05, 4.69) is 16.0 Å². The van der Waals surface area contributed by atoms with Crippen molar-refractivity contribution in [1.82, 2.24) is 16.0 Å². The second-order valence-corrected chi connectivity index (χ2v) is 4.22. The minimum atomic E-state index is -0.471. The number of amides is 3. The molecule has 0 radical (unpaired) electrons. The van der Waals surface area contributed by atoms with E-state index in [1.54, 1.807) is 0 Å². The minimum Gasteiger partial charge on any atom is -0.353 e. The zero-order valence-electron chi connectivity index (χ0n) is 8.91. The summed E-state index contributed by atoms with van der Waals surface area (Å²) in [6.45, 7) is 0.421. The molecule has 0 aromatic carbocycles. The zero-order valence-corrected chi connectivity index (χ0v) is 8.91. The van der Waals surface area contributed by atoms with Crippen molar-refractivity contribution in [3.63, 3.8) is 0 Å². The molecule has 1 atom stereocenters. The maximum Gasteiger partial charge on any atom is 0.244 e. The third-order valence-electron chi connectivity index (χ3n) is 2.65. The van der Waals surface area contributed by atoms with E-state index in [4.69, 9.17) is 0 Å². The van der Waals surface area contributed by atoms with E-state index >= 15 is 0 Å². The van der Waals surface area contributed by atoms with Gasteiger partial charge in [-0.3, -0.25) is 19.7 Å². The molecule has 3 amide bonds. The molecule has 2 rings (SSSR count). The first-order valence-electron chi connectivity index (χ1n) is 5.51. The number of imide groups is 1. The monoisotopic (exact) mass is 225 g/mol. The van der Waals surface area contributed by atoms with Gasteiger partial charge >= 0.3 is 0 Å². The Labute approximate surface area is 93.1 Å². The van der Waals surface area contributed by atoms with Gasteiger partial charge in [-0.05, 0) is 12.8 Å². The van der Waals surface area contributed by atoms with Crippen LogP contribution in [0, 0.1) is 0 Å². The molecule has 1 saturated heterocycles. The van der Waals surface area contributed by atoms with Crippen LogP contribution in [0.3, 0.4) is 0 Å². The second kappa shape index (κ2) is 4.61. The summed E-state index contributed by atoms with van der Waals surface area (Å²) in [6.07, 6.45) is 2.65. The first-order valence-corrected chi connectivity index (χ1v) is 5.51. The number of nitrogens with one attached hydrogen (secondary N) is 3. The van der Waals surface area contributed by atoms with Gasteiger partial charge in [-0.1, -0.05) is 0 Å². The van der Waals surface area contributed by atoms with Gasteiger partial charge in [0, 0.05) is 19.0 Å². The van der Waals surface area contributed by atoms with E-state index in [0.717, 1.165) is 12.8 Å². The van der Waals surface area contributed by atoms with E-state index in [1.807, 2.05) is 0 Å². The molecule has 1 aliphatic heterocycles. The molecule has 1 aliphatic carbocycles. The summed E-state index contributed by atoms with van der Waals surface area (Å²) in [4.78, 5) is 33.3. The molecule has 2 fully saturated rings. The smallest absolute Gasteiger partial charge is 0.244 e.